The van der Waals surface area contributed by atoms with Crippen LogP contribution in [0.1, 0.15) is 22.4 Å². The number of phenols is 1. The van der Waals surface area contributed by atoms with Crippen molar-refractivity contribution in [2.75, 3.05) is 11.9 Å². The Morgan fingerprint density at radius 1 is 1.05 bits per heavy atom. The predicted octanol–water partition coefficient (Wildman–Crippen LogP) is 1.19. The van der Waals surface area contributed by atoms with E-state index in [9.17, 15) is 30.3 Å². The molecule has 0 radical (unpaired) electrons. The number of hydrogen-bond donors (Lipinski definition) is 7. The first-order valence-corrected chi connectivity index (χ1v) is 12.1. The Bertz CT molecular complexity index is 1220. The lowest BCUT2D eigenvalue weighted by Gasteiger charge is -2.39. The number of hydrogen-bond acceptors (Lipinski definition) is 9. The number of aromatic nitrogens is 1. The fourth-order valence-corrected chi connectivity index (χ4v) is 4.15. The zero-order chi connectivity index (χ0) is 27.2. The minimum absolute atomic E-state index is 0.0675. The number of anilines is 1. The summed E-state index contributed by atoms with van der Waals surface area (Å²) in [6.07, 6.45) is -5.16. The molecule has 0 aliphatic carbocycles. The second-order valence-corrected chi connectivity index (χ2v) is 9.06. The molecule has 2 heterocycles. The maximum Gasteiger partial charge on any atom is 0.319 e. The fraction of sp³-hybridized carbons (Fsp3) is 0.333. The number of aromatic hydroxyl groups is 1. The molecule has 11 heteroatoms. The molecule has 1 aliphatic heterocycles. The van der Waals surface area contributed by atoms with Crippen molar-refractivity contribution in [1.29, 1.82) is 0 Å². The number of pyridine rings is 1. The molecule has 1 aromatic heterocycles. The van der Waals surface area contributed by atoms with Gasteiger partial charge in [-0.2, -0.15) is 0 Å². The van der Waals surface area contributed by atoms with Crippen LogP contribution in [-0.2, 0) is 17.7 Å². The van der Waals surface area contributed by atoms with Crippen LogP contribution in [0, 0.1) is 6.92 Å². The number of amides is 2. The summed E-state index contributed by atoms with van der Waals surface area (Å²) in [5.41, 5.74) is 3.60. The van der Waals surface area contributed by atoms with Gasteiger partial charge in [-0.1, -0.05) is 18.2 Å². The third-order valence-electron chi connectivity index (χ3n) is 6.26. The Labute approximate surface area is 219 Å². The van der Waals surface area contributed by atoms with Gasteiger partial charge in [0.25, 0.3) is 0 Å². The van der Waals surface area contributed by atoms with Crippen LogP contribution in [0.5, 0.6) is 11.5 Å². The highest BCUT2D eigenvalue weighted by Crippen LogP contribution is 2.33. The quantitative estimate of drug-likeness (QED) is 0.228. The normalized spacial score (nSPS) is 23.0. The summed E-state index contributed by atoms with van der Waals surface area (Å²) in [5.74, 6) is 0.144. The molecule has 11 nitrogen and oxygen atoms in total. The predicted molar refractivity (Wildman–Crippen MR) is 137 cm³/mol. The van der Waals surface area contributed by atoms with Crippen molar-refractivity contribution in [2.45, 2.75) is 50.6 Å². The van der Waals surface area contributed by atoms with Gasteiger partial charge in [-0.05, 0) is 48.4 Å². The van der Waals surface area contributed by atoms with E-state index < -0.39 is 37.3 Å². The van der Waals surface area contributed by atoms with Crippen LogP contribution in [0.2, 0.25) is 0 Å². The Hall–Kier alpha value is -3.74. The lowest BCUT2D eigenvalue weighted by atomic mass is 9.98. The highest BCUT2D eigenvalue weighted by Gasteiger charge is 2.45. The number of carbonyl (C=O) groups is 1. The summed E-state index contributed by atoms with van der Waals surface area (Å²) in [5, 5.41) is 55.6. The number of nitrogens with zero attached hydrogens (tertiary/aromatic N) is 1. The van der Waals surface area contributed by atoms with Crippen LogP contribution in [0.25, 0.3) is 0 Å². The number of urea groups is 1. The van der Waals surface area contributed by atoms with Crippen molar-refractivity contribution in [3.8, 4) is 11.5 Å². The van der Waals surface area contributed by atoms with Crippen LogP contribution in [0.3, 0.4) is 0 Å². The first-order chi connectivity index (χ1) is 18.2. The van der Waals surface area contributed by atoms with Gasteiger partial charge in [0.2, 0.25) is 6.29 Å². The van der Waals surface area contributed by atoms with E-state index in [4.69, 9.17) is 9.47 Å². The molecule has 5 atom stereocenters. The SMILES string of the molecule is Cc1cc(O)cc(O[C@@H]2O[C@H](CO)[C@@H](O)[C@H](O)[C@H]2O)c1Cc1ccc(NC(=O)NCc2ccccn2)cc1. The van der Waals surface area contributed by atoms with Crippen LogP contribution in [0.4, 0.5) is 10.5 Å². The van der Waals surface area contributed by atoms with Crippen molar-refractivity contribution < 1.29 is 39.8 Å². The minimum atomic E-state index is -1.59. The van der Waals surface area contributed by atoms with Gasteiger partial charge >= 0.3 is 6.03 Å². The molecule has 0 unspecified atom stereocenters. The van der Waals surface area contributed by atoms with Crippen LogP contribution in [0.15, 0.2) is 60.8 Å². The molecule has 2 amide bonds. The maximum atomic E-state index is 12.2. The molecule has 2 aromatic carbocycles. The summed E-state index contributed by atoms with van der Waals surface area (Å²) in [7, 11) is 0. The summed E-state index contributed by atoms with van der Waals surface area (Å²) in [4.78, 5) is 16.4. The number of aliphatic hydroxyl groups is 4. The van der Waals surface area contributed by atoms with Crippen molar-refractivity contribution >= 4 is 11.7 Å². The molecule has 1 fully saturated rings. The lowest BCUT2D eigenvalue weighted by molar-refractivity contribution is -0.277. The molecular formula is C27H31N3O8. The number of carbonyl (C=O) groups excluding carboxylic acids is 1. The number of ether oxygens (including phenoxy) is 2. The standard InChI is InChI=1S/C27H31N3O8/c1-15-10-19(32)12-21(37-26-25(35)24(34)23(33)22(14-31)38-26)20(15)11-16-5-7-17(8-6-16)30-27(36)29-13-18-4-2-3-9-28-18/h2-10,12,22-26,31-35H,11,13-14H2,1H3,(H2,29,30,36)/t22-,23-,24+,25-,26-/m1/s1. The second-order valence-electron chi connectivity index (χ2n) is 9.06. The molecule has 4 rings (SSSR count). The van der Waals surface area contributed by atoms with Gasteiger partial charge < -0.3 is 45.6 Å². The Morgan fingerprint density at radius 3 is 2.50 bits per heavy atom. The van der Waals surface area contributed by atoms with E-state index in [1.165, 1.54) is 6.07 Å². The molecule has 1 aliphatic rings. The average molecular weight is 526 g/mol. The molecule has 7 N–H and O–H groups in total. The molecule has 38 heavy (non-hydrogen) atoms. The molecule has 0 saturated carbocycles. The minimum Gasteiger partial charge on any atom is -0.508 e. The van der Waals surface area contributed by atoms with E-state index in [0.29, 0.717) is 29.8 Å². The van der Waals surface area contributed by atoms with Crippen LogP contribution in [-0.4, -0.2) is 73.9 Å². The molecule has 3 aromatic rings. The topological polar surface area (TPSA) is 174 Å². The maximum absolute atomic E-state index is 12.2. The van der Waals surface area contributed by atoms with Crippen molar-refractivity contribution in [2.24, 2.45) is 0 Å². The molecule has 0 bridgehead atoms. The Balaban J connectivity index is 1.43. The number of benzene rings is 2. The largest absolute Gasteiger partial charge is 0.508 e. The van der Waals surface area contributed by atoms with Crippen molar-refractivity contribution in [1.82, 2.24) is 10.3 Å². The Morgan fingerprint density at radius 2 is 1.82 bits per heavy atom. The third-order valence-corrected chi connectivity index (χ3v) is 6.26. The van der Waals surface area contributed by atoms with Gasteiger partial charge in [-0.3, -0.25) is 4.98 Å². The van der Waals surface area contributed by atoms with E-state index in [0.717, 1.165) is 11.3 Å². The highest BCUT2D eigenvalue weighted by atomic mass is 16.7. The van der Waals surface area contributed by atoms with Gasteiger partial charge in [0.05, 0.1) is 18.8 Å². The Kier molecular flexibility index (Phi) is 8.77. The fourth-order valence-electron chi connectivity index (χ4n) is 4.15. The molecular weight excluding hydrogens is 494 g/mol. The summed E-state index contributed by atoms with van der Waals surface area (Å²) in [6.45, 7) is 1.50. The van der Waals surface area contributed by atoms with Gasteiger partial charge in [-0.15, -0.1) is 0 Å². The van der Waals surface area contributed by atoms with Crippen LogP contribution < -0.4 is 15.4 Å². The third kappa shape index (κ3) is 6.57. The second kappa shape index (κ2) is 12.2. The molecule has 1 saturated heterocycles. The lowest BCUT2D eigenvalue weighted by Crippen LogP contribution is -2.60. The number of nitrogens with one attached hydrogen (secondary N) is 2. The molecule has 202 valence electrons. The number of phenolic OH excluding ortho intramolecular Hbond substituents is 1. The smallest absolute Gasteiger partial charge is 0.319 e. The highest BCUT2D eigenvalue weighted by molar-refractivity contribution is 5.89. The summed E-state index contributed by atoms with van der Waals surface area (Å²) in [6, 6.07) is 15.2. The van der Waals surface area contributed by atoms with Crippen LogP contribution >= 0.6 is 0 Å². The van der Waals surface area contributed by atoms with Crippen molar-refractivity contribution in [3.05, 3.63) is 83.2 Å². The van der Waals surface area contributed by atoms with E-state index in [2.05, 4.69) is 15.6 Å². The zero-order valence-corrected chi connectivity index (χ0v) is 20.7. The number of aryl methyl sites for hydroxylation is 1. The van der Waals surface area contributed by atoms with Crippen molar-refractivity contribution in [3.63, 3.8) is 0 Å². The zero-order valence-electron chi connectivity index (χ0n) is 20.7. The monoisotopic (exact) mass is 525 g/mol. The van der Waals surface area contributed by atoms with Gasteiger partial charge in [-0.25, -0.2) is 4.79 Å². The van der Waals surface area contributed by atoms with Gasteiger partial charge in [0.15, 0.2) is 0 Å². The number of aliphatic hydroxyl groups excluding tert-OH is 4. The summed E-state index contributed by atoms with van der Waals surface area (Å²) >= 11 is 0. The van der Waals surface area contributed by atoms with E-state index >= 15 is 0 Å². The number of rotatable bonds is 8. The molecule has 0 spiro atoms. The summed E-state index contributed by atoms with van der Waals surface area (Å²) < 4.78 is 11.3. The van der Waals surface area contributed by atoms with Gasteiger partial charge in [0, 0.05) is 29.9 Å². The average Bonchev–Trinajstić information content (AvgIpc) is 2.91. The van der Waals surface area contributed by atoms with E-state index in [-0.39, 0.29) is 17.5 Å². The van der Waals surface area contributed by atoms with E-state index in [1.54, 1.807) is 37.4 Å². The van der Waals surface area contributed by atoms with E-state index in [1.807, 2.05) is 24.3 Å². The first kappa shape index (κ1) is 27.3. The first-order valence-electron chi connectivity index (χ1n) is 12.1. The van der Waals surface area contributed by atoms with Gasteiger partial charge in [0.1, 0.15) is 35.9 Å².